The molecule has 28 heavy (non-hydrogen) atoms. The van der Waals surface area contributed by atoms with Gasteiger partial charge in [0.1, 0.15) is 23.3 Å². The second-order valence-corrected chi connectivity index (χ2v) is 6.05. The Balaban J connectivity index is 1.66. The van der Waals surface area contributed by atoms with Crippen molar-refractivity contribution >= 4 is 23.2 Å². The summed E-state index contributed by atoms with van der Waals surface area (Å²) in [5.41, 5.74) is 1.50. The number of nitriles is 1. The fraction of sp³-hybridized carbons (Fsp3) is 0.200. The Hall–Kier alpha value is -3.73. The summed E-state index contributed by atoms with van der Waals surface area (Å²) in [6, 6.07) is 14.2. The van der Waals surface area contributed by atoms with E-state index in [4.69, 9.17) is 10.00 Å². The first-order chi connectivity index (χ1) is 13.5. The summed E-state index contributed by atoms with van der Waals surface area (Å²) in [5, 5.41) is 16.6. The average molecular weight is 380 g/mol. The highest BCUT2D eigenvalue weighted by Crippen LogP contribution is 2.18. The molecule has 8 heteroatoms. The Kier molecular flexibility index (Phi) is 5.97. The third-order valence-corrected chi connectivity index (χ3v) is 4.03. The highest BCUT2D eigenvalue weighted by molar-refractivity contribution is 6.43. The maximum atomic E-state index is 13.0. The van der Waals surface area contributed by atoms with Crippen molar-refractivity contribution in [2.75, 3.05) is 11.9 Å². The van der Waals surface area contributed by atoms with Crippen molar-refractivity contribution < 1.29 is 18.7 Å². The highest BCUT2D eigenvalue weighted by atomic mass is 19.1. The third-order valence-electron chi connectivity index (χ3n) is 4.03. The van der Waals surface area contributed by atoms with Gasteiger partial charge in [0.15, 0.2) is 6.61 Å². The van der Waals surface area contributed by atoms with Gasteiger partial charge in [0.05, 0.1) is 6.54 Å². The Labute approximate surface area is 161 Å². The minimum atomic E-state index is -0.401. The van der Waals surface area contributed by atoms with Gasteiger partial charge in [-0.25, -0.2) is 9.40 Å². The van der Waals surface area contributed by atoms with Gasteiger partial charge in [-0.05, 0) is 42.0 Å². The van der Waals surface area contributed by atoms with E-state index in [9.17, 15) is 14.0 Å². The van der Waals surface area contributed by atoms with Crippen molar-refractivity contribution in [1.82, 2.24) is 5.01 Å². The zero-order valence-electron chi connectivity index (χ0n) is 14.9. The Bertz CT molecular complexity index is 933. The lowest BCUT2D eigenvalue weighted by molar-refractivity contribution is -0.132. The van der Waals surface area contributed by atoms with Crippen LogP contribution in [0.1, 0.15) is 18.4 Å². The molecule has 142 valence electrons. The molecule has 0 saturated heterocycles. The van der Waals surface area contributed by atoms with Crippen LogP contribution in [0.15, 0.2) is 53.6 Å². The Morgan fingerprint density at radius 2 is 1.89 bits per heavy atom. The molecule has 0 spiro atoms. The van der Waals surface area contributed by atoms with E-state index >= 15 is 0 Å². The molecule has 0 atom stereocenters. The first kappa shape index (κ1) is 19.0. The van der Waals surface area contributed by atoms with E-state index in [0.717, 1.165) is 0 Å². The number of hydrazone groups is 1. The molecule has 3 rings (SSSR count). The number of hydrogen-bond donors (Lipinski definition) is 1. The highest BCUT2D eigenvalue weighted by Gasteiger charge is 2.24. The largest absolute Gasteiger partial charge is 0.479 e. The SMILES string of the molecule is N#CCOc1ccc(NC(=O)C2=NN(Cc3ccc(F)cc3)C(=O)CC2)cc1. The van der Waals surface area contributed by atoms with Crippen molar-refractivity contribution in [3.63, 3.8) is 0 Å². The number of nitrogens with one attached hydrogen (secondary N) is 1. The standard InChI is InChI=1S/C20H17FN4O3/c21-15-3-1-14(2-4-15)13-25-19(26)10-9-18(24-25)20(27)23-16-5-7-17(8-6-16)28-12-11-22/h1-8H,9-10,12-13H2,(H,23,27). The summed E-state index contributed by atoms with van der Waals surface area (Å²) in [7, 11) is 0. The molecule has 0 aliphatic carbocycles. The van der Waals surface area contributed by atoms with E-state index in [1.54, 1.807) is 36.4 Å². The molecule has 0 radical (unpaired) electrons. The maximum Gasteiger partial charge on any atom is 0.271 e. The number of halogens is 1. The molecule has 1 N–H and O–H groups in total. The molecule has 0 fully saturated rings. The molecule has 2 aromatic rings. The lowest BCUT2D eigenvalue weighted by atomic mass is 10.1. The van der Waals surface area contributed by atoms with E-state index in [0.29, 0.717) is 17.0 Å². The molecule has 0 aromatic heterocycles. The number of ether oxygens (including phenoxy) is 1. The van der Waals surface area contributed by atoms with Gasteiger partial charge in [0.25, 0.3) is 5.91 Å². The summed E-state index contributed by atoms with van der Waals surface area (Å²) < 4.78 is 18.2. The number of nitrogens with zero attached hydrogens (tertiary/aromatic N) is 3. The summed E-state index contributed by atoms with van der Waals surface area (Å²) in [6.07, 6.45) is 0.419. The monoisotopic (exact) mass is 380 g/mol. The van der Waals surface area contributed by atoms with E-state index in [2.05, 4.69) is 10.4 Å². The van der Waals surface area contributed by atoms with Crippen molar-refractivity contribution in [3.8, 4) is 11.8 Å². The van der Waals surface area contributed by atoms with Crippen LogP contribution < -0.4 is 10.1 Å². The second kappa shape index (κ2) is 8.77. The van der Waals surface area contributed by atoms with E-state index in [-0.39, 0.29) is 43.4 Å². The number of hydrogen-bond acceptors (Lipinski definition) is 5. The van der Waals surface area contributed by atoms with Gasteiger partial charge >= 0.3 is 0 Å². The van der Waals surface area contributed by atoms with Gasteiger partial charge in [-0.1, -0.05) is 12.1 Å². The lowest BCUT2D eigenvalue weighted by Gasteiger charge is -2.23. The van der Waals surface area contributed by atoms with Crippen LogP contribution in [0.25, 0.3) is 0 Å². The minimum Gasteiger partial charge on any atom is -0.479 e. The summed E-state index contributed by atoms with van der Waals surface area (Å²) in [4.78, 5) is 24.6. The minimum absolute atomic E-state index is 0.0551. The summed E-state index contributed by atoms with van der Waals surface area (Å²) >= 11 is 0. The fourth-order valence-electron chi connectivity index (χ4n) is 2.60. The first-order valence-electron chi connectivity index (χ1n) is 8.58. The number of carbonyl (C=O) groups is 2. The van der Waals surface area contributed by atoms with Gasteiger partial charge in [0.2, 0.25) is 5.91 Å². The molecule has 0 saturated carbocycles. The molecule has 1 heterocycles. The molecule has 1 aliphatic rings. The number of amides is 2. The maximum absolute atomic E-state index is 13.0. The van der Waals surface area contributed by atoms with Gasteiger partial charge in [0, 0.05) is 18.5 Å². The van der Waals surface area contributed by atoms with Gasteiger partial charge in [-0.15, -0.1) is 0 Å². The van der Waals surface area contributed by atoms with Crippen molar-refractivity contribution in [1.29, 1.82) is 5.26 Å². The molecular weight excluding hydrogens is 363 g/mol. The topological polar surface area (TPSA) is 94.8 Å². The third kappa shape index (κ3) is 4.92. The molecule has 0 unspecified atom stereocenters. The van der Waals surface area contributed by atoms with Crippen LogP contribution in [0, 0.1) is 17.1 Å². The molecule has 1 aliphatic heterocycles. The summed E-state index contributed by atoms with van der Waals surface area (Å²) in [6.45, 7) is 0.112. The van der Waals surface area contributed by atoms with Crippen LogP contribution in [0.3, 0.4) is 0 Å². The molecule has 2 aromatic carbocycles. The van der Waals surface area contributed by atoms with Crippen LogP contribution in [0.5, 0.6) is 5.75 Å². The smallest absolute Gasteiger partial charge is 0.271 e. The van der Waals surface area contributed by atoms with Crippen LogP contribution in [-0.4, -0.2) is 29.1 Å². The van der Waals surface area contributed by atoms with Crippen LogP contribution in [0.2, 0.25) is 0 Å². The quantitative estimate of drug-likeness (QED) is 0.834. The molecule has 0 bridgehead atoms. The van der Waals surface area contributed by atoms with Crippen molar-refractivity contribution in [2.24, 2.45) is 5.10 Å². The lowest BCUT2D eigenvalue weighted by Crippen LogP contribution is -2.36. The van der Waals surface area contributed by atoms with Crippen LogP contribution in [0.4, 0.5) is 10.1 Å². The molecule has 7 nitrogen and oxygen atoms in total. The zero-order valence-corrected chi connectivity index (χ0v) is 14.9. The first-order valence-corrected chi connectivity index (χ1v) is 8.58. The normalized spacial score (nSPS) is 13.5. The molecule has 2 amide bonds. The Morgan fingerprint density at radius 1 is 1.18 bits per heavy atom. The predicted octanol–water partition coefficient (Wildman–Crippen LogP) is 2.85. The van der Waals surface area contributed by atoms with Gasteiger partial charge < -0.3 is 10.1 Å². The Morgan fingerprint density at radius 3 is 2.57 bits per heavy atom. The van der Waals surface area contributed by atoms with Crippen molar-refractivity contribution in [3.05, 3.63) is 59.9 Å². The fourth-order valence-corrected chi connectivity index (χ4v) is 2.60. The van der Waals surface area contributed by atoms with Crippen LogP contribution in [-0.2, 0) is 16.1 Å². The predicted molar refractivity (Wildman–Crippen MR) is 99.8 cm³/mol. The number of anilines is 1. The number of carbonyl (C=O) groups excluding carboxylic acids is 2. The average Bonchev–Trinajstić information content (AvgIpc) is 2.70. The molecular formula is C20H17FN4O3. The summed E-state index contributed by atoms with van der Waals surface area (Å²) in [5.74, 6) is -0.436. The number of rotatable bonds is 6. The van der Waals surface area contributed by atoms with Gasteiger partial charge in [-0.3, -0.25) is 9.59 Å². The number of benzene rings is 2. The van der Waals surface area contributed by atoms with E-state index in [1.165, 1.54) is 17.1 Å². The second-order valence-electron chi connectivity index (χ2n) is 6.05. The zero-order chi connectivity index (χ0) is 19.9. The van der Waals surface area contributed by atoms with Crippen molar-refractivity contribution in [2.45, 2.75) is 19.4 Å². The van der Waals surface area contributed by atoms with Crippen LogP contribution >= 0.6 is 0 Å². The van der Waals surface area contributed by atoms with Gasteiger partial charge in [-0.2, -0.15) is 10.4 Å². The van der Waals surface area contributed by atoms with E-state index in [1.807, 2.05) is 6.07 Å². The van der Waals surface area contributed by atoms with E-state index < -0.39 is 5.91 Å².